The van der Waals surface area contributed by atoms with E-state index < -0.39 is 5.60 Å². The summed E-state index contributed by atoms with van der Waals surface area (Å²) in [4.78, 5) is 18.6. The average molecular weight is 338 g/mol. The van der Waals surface area contributed by atoms with Gasteiger partial charge in [-0.25, -0.2) is 4.79 Å². The van der Waals surface area contributed by atoms with E-state index in [0.29, 0.717) is 12.4 Å². The second kappa shape index (κ2) is 8.46. The van der Waals surface area contributed by atoms with Gasteiger partial charge in [-0.3, -0.25) is 4.90 Å². The van der Waals surface area contributed by atoms with Crippen molar-refractivity contribution in [1.29, 1.82) is 0 Å². The molecule has 1 fully saturated rings. The Hall–Kier alpha value is -1.63. The molecule has 1 aliphatic heterocycles. The first kappa shape index (κ1) is 18.7. The van der Waals surface area contributed by atoms with Crippen LogP contribution < -0.4 is 5.32 Å². The van der Waals surface area contributed by atoms with Crippen LogP contribution in [-0.4, -0.2) is 45.9 Å². The zero-order valence-corrected chi connectivity index (χ0v) is 15.3. The first-order chi connectivity index (χ1) is 11.4. The van der Waals surface area contributed by atoms with Crippen LogP contribution in [0.4, 0.5) is 4.79 Å². The smallest absolute Gasteiger partial charge is 0.407 e. The molecule has 2 rings (SSSR count). The van der Waals surface area contributed by atoms with Crippen LogP contribution in [0.3, 0.4) is 0 Å². The van der Waals surface area contributed by atoms with Crippen molar-refractivity contribution in [3.8, 4) is 0 Å². The maximum absolute atomic E-state index is 11.9. The molecule has 0 saturated carbocycles. The third-order valence-corrected chi connectivity index (χ3v) is 3.85. The molecule has 0 radical (unpaired) electrons. The highest BCUT2D eigenvalue weighted by molar-refractivity contribution is 5.68. The predicted molar refractivity (Wildman–Crippen MR) is 90.6 cm³/mol. The number of nitrogens with zero attached hydrogens (tertiary/aromatic N) is 3. The lowest BCUT2D eigenvalue weighted by Crippen LogP contribution is -2.48. The quantitative estimate of drug-likeness (QED) is 0.859. The van der Waals surface area contributed by atoms with Gasteiger partial charge in [0.05, 0.1) is 6.54 Å². The van der Waals surface area contributed by atoms with Crippen molar-refractivity contribution in [3.63, 3.8) is 0 Å². The summed E-state index contributed by atoms with van der Waals surface area (Å²) in [6, 6.07) is 0.0936. The molecule has 7 nitrogen and oxygen atoms in total. The minimum absolute atomic E-state index is 0.0936. The van der Waals surface area contributed by atoms with Gasteiger partial charge in [-0.05, 0) is 46.6 Å². The van der Waals surface area contributed by atoms with Gasteiger partial charge in [-0.2, -0.15) is 4.98 Å². The van der Waals surface area contributed by atoms with Gasteiger partial charge in [0.15, 0.2) is 5.82 Å². The number of piperidine rings is 1. The molecule has 2 heterocycles. The molecule has 0 unspecified atom stereocenters. The van der Waals surface area contributed by atoms with E-state index in [4.69, 9.17) is 9.26 Å². The molecule has 1 atom stereocenters. The molecule has 1 amide bonds. The third-order valence-electron chi connectivity index (χ3n) is 3.85. The van der Waals surface area contributed by atoms with Gasteiger partial charge in [0.25, 0.3) is 0 Å². The van der Waals surface area contributed by atoms with Crippen LogP contribution in [0.15, 0.2) is 4.52 Å². The molecule has 0 spiro atoms. The maximum atomic E-state index is 11.9. The van der Waals surface area contributed by atoms with Gasteiger partial charge in [0.2, 0.25) is 5.89 Å². The Kier molecular flexibility index (Phi) is 6.60. The van der Waals surface area contributed by atoms with Crippen molar-refractivity contribution in [2.45, 2.75) is 78.0 Å². The SMILES string of the molecule is CCCCc1noc(CN2CCC[C@H](NC(=O)OC(C)(C)C)C2)n1. The second-order valence-electron chi connectivity index (χ2n) is 7.43. The van der Waals surface area contributed by atoms with Crippen molar-refractivity contribution in [2.75, 3.05) is 13.1 Å². The largest absolute Gasteiger partial charge is 0.444 e. The number of aromatic nitrogens is 2. The van der Waals surface area contributed by atoms with Crippen LogP contribution >= 0.6 is 0 Å². The van der Waals surface area contributed by atoms with Gasteiger partial charge < -0.3 is 14.6 Å². The van der Waals surface area contributed by atoms with Crippen LogP contribution in [0.1, 0.15) is 65.1 Å². The average Bonchev–Trinajstić information content (AvgIpc) is 2.91. The van der Waals surface area contributed by atoms with E-state index in [2.05, 4.69) is 27.3 Å². The highest BCUT2D eigenvalue weighted by atomic mass is 16.6. The number of hydrogen-bond acceptors (Lipinski definition) is 6. The van der Waals surface area contributed by atoms with E-state index in [9.17, 15) is 4.79 Å². The lowest BCUT2D eigenvalue weighted by molar-refractivity contribution is 0.0467. The molecular weight excluding hydrogens is 308 g/mol. The lowest BCUT2D eigenvalue weighted by Gasteiger charge is -2.32. The normalized spacial score (nSPS) is 19.2. The molecule has 1 aliphatic rings. The van der Waals surface area contributed by atoms with Gasteiger partial charge in [-0.1, -0.05) is 18.5 Å². The highest BCUT2D eigenvalue weighted by Crippen LogP contribution is 2.14. The monoisotopic (exact) mass is 338 g/mol. The van der Waals surface area contributed by atoms with Crippen LogP contribution in [-0.2, 0) is 17.7 Å². The van der Waals surface area contributed by atoms with E-state index in [-0.39, 0.29) is 12.1 Å². The molecule has 24 heavy (non-hydrogen) atoms. The number of carbonyl (C=O) groups excluding carboxylic acids is 1. The van der Waals surface area contributed by atoms with E-state index in [1.54, 1.807) is 0 Å². The summed E-state index contributed by atoms with van der Waals surface area (Å²) in [6.45, 7) is 10.1. The molecule has 1 saturated heterocycles. The highest BCUT2D eigenvalue weighted by Gasteiger charge is 2.25. The van der Waals surface area contributed by atoms with Crippen molar-refractivity contribution in [2.24, 2.45) is 0 Å². The molecule has 1 N–H and O–H groups in total. The Labute approximate surface area is 144 Å². The van der Waals surface area contributed by atoms with E-state index in [1.165, 1.54) is 0 Å². The van der Waals surface area contributed by atoms with E-state index >= 15 is 0 Å². The molecule has 0 aliphatic carbocycles. The van der Waals surface area contributed by atoms with Gasteiger partial charge >= 0.3 is 6.09 Å². The number of hydrogen-bond donors (Lipinski definition) is 1. The topological polar surface area (TPSA) is 80.5 Å². The first-order valence-corrected chi connectivity index (χ1v) is 8.89. The van der Waals surface area contributed by atoms with Crippen LogP contribution in [0.2, 0.25) is 0 Å². The molecule has 0 aromatic carbocycles. The number of likely N-dealkylation sites (tertiary alicyclic amines) is 1. The summed E-state index contributed by atoms with van der Waals surface area (Å²) >= 11 is 0. The number of nitrogens with one attached hydrogen (secondary N) is 1. The lowest BCUT2D eigenvalue weighted by atomic mass is 10.1. The molecule has 1 aromatic rings. The minimum Gasteiger partial charge on any atom is -0.444 e. The fourth-order valence-corrected chi connectivity index (χ4v) is 2.77. The summed E-state index contributed by atoms with van der Waals surface area (Å²) in [7, 11) is 0. The van der Waals surface area contributed by atoms with Crippen molar-refractivity contribution in [3.05, 3.63) is 11.7 Å². The Bertz CT molecular complexity index is 524. The van der Waals surface area contributed by atoms with Crippen LogP contribution in [0, 0.1) is 0 Å². The zero-order valence-electron chi connectivity index (χ0n) is 15.3. The van der Waals surface area contributed by atoms with Gasteiger partial charge in [0.1, 0.15) is 5.60 Å². The Morgan fingerprint density at radius 2 is 2.25 bits per heavy atom. The number of aryl methyl sites for hydroxylation is 1. The summed E-state index contributed by atoms with van der Waals surface area (Å²) in [6.07, 6.45) is 4.69. The number of rotatable bonds is 6. The molecule has 136 valence electrons. The van der Waals surface area contributed by atoms with Crippen LogP contribution in [0.5, 0.6) is 0 Å². The van der Waals surface area contributed by atoms with Crippen molar-refractivity contribution >= 4 is 6.09 Å². The summed E-state index contributed by atoms with van der Waals surface area (Å²) < 4.78 is 10.7. The second-order valence-corrected chi connectivity index (χ2v) is 7.43. The zero-order chi connectivity index (χ0) is 17.6. The third kappa shape index (κ3) is 6.47. The summed E-state index contributed by atoms with van der Waals surface area (Å²) in [5.74, 6) is 1.44. The number of alkyl carbamates (subject to hydrolysis) is 1. The summed E-state index contributed by atoms with van der Waals surface area (Å²) in [5.41, 5.74) is -0.475. The number of carbonyl (C=O) groups is 1. The van der Waals surface area contributed by atoms with E-state index in [1.807, 2.05) is 20.8 Å². The molecule has 7 heteroatoms. The number of unbranched alkanes of at least 4 members (excludes halogenated alkanes) is 1. The van der Waals surface area contributed by atoms with Crippen LogP contribution in [0.25, 0.3) is 0 Å². The predicted octanol–water partition coefficient (Wildman–Crippen LogP) is 2.90. The van der Waals surface area contributed by atoms with E-state index in [0.717, 1.165) is 51.0 Å². The molecule has 1 aromatic heterocycles. The standard InChI is InChI=1S/C17H30N4O3/c1-5-6-9-14-19-15(24-20-14)12-21-10-7-8-13(11-21)18-16(22)23-17(2,3)4/h13H,5-12H2,1-4H3,(H,18,22)/t13-/m0/s1. The Morgan fingerprint density at radius 1 is 1.46 bits per heavy atom. The fraction of sp³-hybridized carbons (Fsp3) is 0.824. The molecule has 0 bridgehead atoms. The van der Waals surface area contributed by atoms with Gasteiger partial charge in [-0.15, -0.1) is 0 Å². The summed E-state index contributed by atoms with van der Waals surface area (Å²) in [5, 5.41) is 6.98. The van der Waals surface area contributed by atoms with Gasteiger partial charge in [0, 0.05) is 19.0 Å². The van der Waals surface area contributed by atoms with Crippen molar-refractivity contribution < 1.29 is 14.1 Å². The maximum Gasteiger partial charge on any atom is 0.407 e. The number of ether oxygens (including phenoxy) is 1. The minimum atomic E-state index is -0.475. The van der Waals surface area contributed by atoms with Crippen molar-refractivity contribution in [1.82, 2.24) is 20.4 Å². The Balaban J connectivity index is 1.80. The molecular formula is C17H30N4O3. The Morgan fingerprint density at radius 3 is 2.96 bits per heavy atom. The first-order valence-electron chi connectivity index (χ1n) is 8.89. The fourth-order valence-electron chi connectivity index (χ4n) is 2.77. The number of amides is 1.